The van der Waals surface area contributed by atoms with Crippen molar-refractivity contribution in [2.75, 3.05) is 13.1 Å². The molecular formula is C15H22ClN. The highest BCUT2D eigenvalue weighted by Crippen LogP contribution is 2.64. The van der Waals surface area contributed by atoms with Gasteiger partial charge in [0.05, 0.1) is 0 Å². The summed E-state index contributed by atoms with van der Waals surface area (Å²) >= 11 is 5.93. The van der Waals surface area contributed by atoms with Crippen molar-refractivity contribution in [2.45, 2.75) is 33.1 Å². The Morgan fingerprint density at radius 1 is 1.24 bits per heavy atom. The third kappa shape index (κ3) is 2.66. The second kappa shape index (κ2) is 4.99. The minimum atomic E-state index is 0.425. The molecule has 0 aromatic heterocycles. The van der Waals surface area contributed by atoms with Crippen LogP contribution in [-0.2, 0) is 0 Å². The maximum Gasteiger partial charge on any atom is 0.0406 e. The lowest BCUT2D eigenvalue weighted by atomic mass is 10.0. The van der Waals surface area contributed by atoms with Crippen LogP contribution in [0.1, 0.15) is 38.7 Å². The van der Waals surface area contributed by atoms with E-state index in [1.165, 1.54) is 12.0 Å². The molecule has 0 heterocycles. The fourth-order valence-corrected chi connectivity index (χ4v) is 3.02. The fourth-order valence-electron chi connectivity index (χ4n) is 2.89. The van der Waals surface area contributed by atoms with Gasteiger partial charge >= 0.3 is 0 Å². The van der Waals surface area contributed by atoms with Gasteiger partial charge < -0.3 is 5.32 Å². The van der Waals surface area contributed by atoms with E-state index in [0.29, 0.717) is 11.3 Å². The van der Waals surface area contributed by atoms with E-state index in [0.717, 1.165) is 24.0 Å². The predicted octanol–water partition coefficient (Wildman–Crippen LogP) is 4.08. The monoisotopic (exact) mass is 251 g/mol. The van der Waals surface area contributed by atoms with E-state index < -0.39 is 0 Å². The van der Waals surface area contributed by atoms with Gasteiger partial charge in [-0.1, -0.05) is 44.5 Å². The van der Waals surface area contributed by atoms with Crippen LogP contribution >= 0.6 is 11.6 Å². The summed E-state index contributed by atoms with van der Waals surface area (Å²) in [6.07, 6.45) is 1.21. The number of hydrogen-bond acceptors (Lipinski definition) is 1. The SMILES string of the molecule is CCCNCC1C(c2ccc(Cl)cc2)C1(C)C. The number of halogens is 1. The lowest BCUT2D eigenvalue weighted by Gasteiger charge is -2.03. The van der Waals surface area contributed by atoms with Gasteiger partial charge in [-0.15, -0.1) is 0 Å². The van der Waals surface area contributed by atoms with E-state index >= 15 is 0 Å². The van der Waals surface area contributed by atoms with E-state index in [-0.39, 0.29) is 0 Å². The molecule has 0 saturated heterocycles. The molecule has 1 aromatic carbocycles. The molecule has 0 aliphatic heterocycles. The Balaban J connectivity index is 2.00. The molecule has 1 aromatic rings. The zero-order valence-electron chi connectivity index (χ0n) is 11.0. The molecule has 2 unspecified atom stereocenters. The van der Waals surface area contributed by atoms with Crippen LogP contribution in [0.2, 0.25) is 5.02 Å². The first-order chi connectivity index (χ1) is 8.07. The maximum atomic E-state index is 5.93. The molecule has 17 heavy (non-hydrogen) atoms. The molecule has 94 valence electrons. The number of benzene rings is 1. The van der Waals surface area contributed by atoms with Gasteiger partial charge in [-0.05, 0) is 54.5 Å². The van der Waals surface area contributed by atoms with E-state index in [1.807, 2.05) is 12.1 Å². The third-order valence-corrected chi connectivity index (χ3v) is 4.32. The van der Waals surface area contributed by atoms with Crippen molar-refractivity contribution in [3.63, 3.8) is 0 Å². The Morgan fingerprint density at radius 3 is 2.47 bits per heavy atom. The molecule has 1 aliphatic carbocycles. The largest absolute Gasteiger partial charge is 0.316 e. The summed E-state index contributed by atoms with van der Waals surface area (Å²) in [6, 6.07) is 8.35. The highest BCUT2D eigenvalue weighted by Gasteiger charge is 2.57. The topological polar surface area (TPSA) is 12.0 Å². The van der Waals surface area contributed by atoms with Crippen LogP contribution in [0.3, 0.4) is 0 Å². The summed E-state index contributed by atoms with van der Waals surface area (Å²) in [7, 11) is 0. The Hall–Kier alpha value is -0.530. The number of hydrogen-bond donors (Lipinski definition) is 1. The Bertz CT molecular complexity index is 369. The summed E-state index contributed by atoms with van der Waals surface area (Å²) in [5.41, 5.74) is 1.86. The molecule has 2 heteroatoms. The van der Waals surface area contributed by atoms with Crippen molar-refractivity contribution in [1.29, 1.82) is 0 Å². The first-order valence-corrected chi connectivity index (χ1v) is 6.91. The van der Waals surface area contributed by atoms with Crippen molar-refractivity contribution in [3.05, 3.63) is 34.9 Å². The Kier molecular flexibility index (Phi) is 3.79. The molecule has 1 N–H and O–H groups in total. The quantitative estimate of drug-likeness (QED) is 0.778. The predicted molar refractivity (Wildman–Crippen MR) is 74.6 cm³/mol. The van der Waals surface area contributed by atoms with E-state index in [1.54, 1.807) is 0 Å². The van der Waals surface area contributed by atoms with Gasteiger partial charge in [0.15, 0.2) is 0 Å². The second-order valence-corrected chi connectivity index (χ2v) is 6.10. The van der Waals surface area contributed by atoms with Crippen molar-refractivity contribution in [1.82, 2.24) is 5.32 Å². The van der Waals surface area contributed by atoms with Gasteiger partial charge in [0, 0.05) is 5.02 Å². The molecule has 1 nitrogen and oxygen atoms in total. The smallest absolute Gasteiger partial charge is 0.0406 e. The van der Waals surface area contributed by atoms with Crippen molar-refractivity contribution < 1.29 is 0 Å². The van der Waals surface area contributed by atoms with Crippen molar-refractivity contribution in [3.8, 4) is 0 Å². The van der Waals surface area contributed by atoms with Gasteiger partial charge in [-0.25, -0.2) is 0 Å². The lowest BCUT2D eigenvalue weighted by molar-refractivity contribution is 0.518. The van der Waals surface area contributed by atoms with Crippen LogP contribution in [0, 0.1) is 11.3 Å². The average molecular weight is 252 g/mol. The fraction of sp³-hybridized carbons (Fsp3) is 0.600. The van der Waals surface area contributed by atoms with Crippen molar-refractivity contribution >= 4 is 11.6 Å². The van der Waals surface area contributed by atoms with E-state index in [9.17, 15) is 0 Å². The molecule has 2 rings (SSSR count). The molecule has 0 amide bonds. The van der Waals surface area contributed by atoms with Gasteiger partial charge in [-0.2, -0.15) is 0 Å². The van der Waals surface area contributed by atoms with E-state index in [4.69, 9.17) is 11.6 Å². The Morgan fingerprint density at radius 2 is 1.88 bits per heavy atom. The summed E-state index contributed by atoms with van der Waals surface area (Å²) in [5, 5.41) is 4.36. The zero-order valence-corrected chi connectivity index (χ0v) is 11.7. The van der Waals surface area contributed by atoms with E-state index in [2.05, 4.69) is 38.2 Å². The molecule has 0 radical (unpaired) electrons. The van der Waals surface area contributed by atoms with Gasteiger partial charge in [0.1, 0.15) is 0 Å². The zero-order chi connectivity index (χ0) is 12.5. The highest BCUT2D eigenvalue weighted by molar-refractivity contribution is 6.30. The van der Waals surface area contributed by atoms with Gasteiger partial charge in [0.25, 0.3) is 0 Å². The number of nitrogens with one attached hydrogen (secondary N) is 1. The average Bonchev–Trinajstić information content (AvgIpc) is 2.83. The number of rotatable bonds is 5. The van der Waals surface area contributed by atoms with Crippen molar-refractivity contribution in [2.24, 2.45) is 11.3 Å². The van der Waals surface area contributed by atoms with Crippen LogP contribution in [0.15, 0.2) is 24.3 Å². The summed E-state index contributed by atoms with van der Waals surface area (Å²) in [5.74, 6) is 1.44. The molecule has 1 aliphatic rings. The lowest BCUT2D eigenvalue weighted by Crippen LogP contribution is -2.19. The normalized spacial score (nSPS) is 25.9. The molecule has 2 atom stereocenters. The van der Waals surface area contributed by atoms with Crippen LogP contribution in [0.4, 0.5) is 0 Å². The minimum Gasteiger partial charge on any atom is -0.316 e. The summed E-state index contributed by atoms with van der Waals surface area (Å²) in [4.78, 5) is 0. The van der Waals surface area contributed by atoms with Gasteiger partial charge in [-0.3, -0.25) is 0 Å². The Labute approximate surface area is 110 Å². The first kappa shape index (κ1) is 12.9. The van der Waals surface area contributed by atoms with Crippen LogP contribution in [0.25, 0.3) is 0 Å². The molecular weight excluding hydrogens is 230 g/mol. The van der Waals surface area contributed by atoms with Crippen LogP contribution < -0.4 is 5.32 Å². The molecule has 1 saturated carbocycles. The third-order valence-electron chi connectivity index (χ3n) is 4.07. The summed E-state index contributed by atoms with van der Waals surface area (Å²) in [6.45, 7) is 9.20. The van der Waals surface area contributed by atoms with Crippen LogP contribution in [-0.4, -0.2) is 13.1 Å². The molecule has 0 bridgehead atoms. The van der Waals surface area contributed by atoms with Crippen LogP contribution in [0.5, 0.6) is 0 Å². The highest BCUT2D eigenvalue weighted by atomic mass is 35.5. The molecule has 0 spiro atoms. The minimum absolute atomic E-state index is 0.425. The summed E-state index contributed by atoms with van der Waals surface area (Å²) < 4.78 is 0. The van der Waals surface area contributed by atoms with Gasteiger partial charge in [0.2, 0.25) is 0 Å². The first-order valence-electron chi connectivity index (χ1n) is 6.53. The second-order valence-electron chi connectivity index (χ2n) is 5.66. The standard InChI is InChI=1S/C15H22ClN/c1-4-9-17-10-13-14(15(13,2)3)11-5-7-12(16)8-6-11/h5-8,13-14,17H,4,9-10H2,1-3H3. The molecule has 1 fully saturated rings. The maximum absolute atomic E-state index is 5.93.